The predicted octanol–water partition coefficient (Wildman–Crippen LogP) is 5.34. The molecule has 0 fully saturated rings. The first kappa shape index (κ1) is 16.2. The van der Waals surface area contributed by atoms with E-state index in [-0.39, 0.29) is 0 Å². The molecule has 1 aromatic heterocycles. The van der Waals surface area contributed by atoms with Crippen LogP contribution in [0.4, 0.5) is 0 Å². The van der Waals surface area contributed by atoms with Crippen molar-refractivity contribution in [3.8, 4) is 11.3 Å². The van der Waals surface area contributed by atoms with Crippen LogP contribution in [0.3, 0.4) is 0 Å². The lowest BCUT2D eigenvalue weighted by atomic mass is 9.96. The number of aryl methyl sites for hydroxylation is 2. The van der Waals surface area contributed by atoms with Crippen LogP contribution in [0.25, 0.3) is 22.2 Å². The van der Waals surface area contributed by atoms with Crippen molar-refractivity contribution in [1.29, 1.82) is 0 Å². The number of pyridine rings is 1. The van der Waals surface area contributed by atoms with E-state index in [4.69, 9.17) is 4.98 Å². The lowest BCUT2D eigenvalue weighted by Crippen LogP contribution is -2.02. The molecule has 0 spiro atoms. The Labute approximate surface area is 142 Å². The smallest absolute Gasteiger partial charge is 0.336 e. The number of rotatable bonds is 3. The molecule has 0 aliphatic carbocycles. The third kappa shape index (κ3) is 2.90. The molecule has 3 heteroatoms. The number of carbonyl (C=O) groups is 1. The van der Waals surface area contributed by atoms with E-state index in [9.17, 15) is 9.90 Å². The van der Waals surface area contributed by atoms with Crippen LogP contribution in [0.5, 0.6) is 0 Å². The van der Waals surface area contributed by atoms with Gasteiger partial charge in [-0.1, -0.05) is 37.6 Å². The molecule has 2 aromatic carbocycles. The average Bonchev–Trinajstić information content (AvgIpc) is 2.55. The molecule has 122 valence electrons. The largest absolute Gasteiger partial charge is 0.478 e. The average molecular weight is 319 g/mol. The highest BCUT2D eigenvalue weighted by Gasteiger charge is 2.15. The first-order valence-corrected chi connectivity index (χ1v) is 8.12. The highest BCUT2D eigenvalue weighted by molar-refractivity contribution is 6.04. The normalized spacial score (nSPS) is 11.2. The summed E-state index contributed by atoms with van der Waals surface area (Å²) in [4.78, 5) is 16.5. The van der Waals surface area contributed by atoms with Crippen LogP contribution in [-0.4, -0.2) is 16.1 Å². The fourth-order valence-electron chi connectivity index (χ4n) is 2.93. The second kappa shape index (κ2) is 6.08. The Kier molecular flexibility index (Phi) is 4.10. The van der Waals surface area contributed by atoms with E-state index in [1.807, 2.05) is 44.2 Å². The molecule has 3 rings (SSSR count). The predicted molar refractivity (Wildman–Crippen MR) is 97.7 cm³/mol. The van der Waals surface area contributed by atoms with E-state index in [1.165, 1.54) is 0 Å². The summed E-state index contributed by atoms with van der Waals surface area (Å²) in [5, 5.41) is 10.4. The van der Waals surface area contributed by atoms with Gasteiger partial charge in [-0.15, -0.1) is 0 Å². The summed E-state index contributed by atoms with van der Waals surface area (Å²) in [5.74, 6) is -0.579. The molecule has 0 atom stereocenters. The lowest BCUT2D eigenvalue weighted by Gasteiger charge is -2.12. The van der Waals surface area contributed by atoms with Gasteiger partial charge in [0.25, 0.3) is 0 Å². The third-order valence-corrected chi connectivity index (χ3v) is 4.40. The minimum Gasteiger partial charge on any atom is -0.478 e. The Hall–Kier alpha value is -2.68. The highest BCUT2D eigenvalue weighted by Crippen LogP contribution is 2.29. The molecule has 24 heavy (non-hydrogen) atoms. The zero-order chi connectivity index (χ0) is 17.4. The van der Waals surface area contributed by atoms with Crippen LogP contribution in [-0.2, 0) is 0 Å². The summed E-state index contributed by atoms with van der Waals surface area (Å²) in [7, 11) is 0. The van der Waals surface area contributed by atoms with Crippen molar-refractivity contribution in [1.82, 2.24) is 4.98 Å². The van der Waals surface area contributed by atoms with Crippen molar-refractivity contribution in [2.45, 2.75) is 33.6 Å². The molecule has 0 bridgehead atoms. The van der Waals surface area contributed by atoms with Gasteiger partial charge in [-0.3, -0.25) is 0 Å². The summed E-state index contributed by atoms with van der Waals surface area (Å²) < 4.78 is 0. The van der Waals surface area contributed by atoms with Crippen molar-refractivity contribution in [2.75, 3.05) is 0 Å². The number of fused-ring (bicyclic) bond motifs is 1. The molecular formula is C21H21NO2. The van der Waals surface area contributed by atoms with E-state index in [1.54, 1.807) is 6.07 Å². The van der Waals surface area contributed by atoms with Crippen LogP contribution in [0.15, 0.2) is 42.5 Å². The number of carboxylic acid groups (broad SMARTS) is 1. The van der Waals surface area contributed by atoms with Crippen LogP contribution >= 0.6 is 0 Å². The number of benzene rings is 2. The molecule has 0 unspecified atom stereocenters. The number of aromatic carboxylic acids is 1. The van der Waals surface area contributed by atoms with Gasteiger partial charge >= 0.3 is 5.97 Å². The monoisotopic (exact) mass is 319 g/mol. The Morgan fingerprint density at radius 3 is 2.46 bits per heavy atom. The van der Waals surface area contributed by atoms with Crippen molar-refractivity contribution in [2.24, 2.45) is 0 Å². The number of nitrogens with zero attached hydrogens (tertiary/aromatic N) is 1. The molecule has 1 heterocycles. The quantitative estimate of drug-likeness (QED) is 0.709. The fraction of sp³-hybridized carbons (Fsp3) is 0.238. The van der Waals surface area contributed by atoms with Gasteiger partial charge < -0.3 is 5.11 Å². The zero-order valence-corrected chi connectivity index (χ0v) is 14.4. The molecule has 0 amide bonds. The van der Waals surface area contributed by atoms with Gasteiger partial charge in [0, 0.05) is 10.9 Å². The van der Waals surface area contributed by atoms with Crippen molar-refractivity contribution in [3.05, 3.63) is 64.7 Å². The summed E-state index contributed by atoms with van der Waals surface area (Å²) in [6.45, 7) is 8.24. The summed E-state index contributed by atoms with van der Waals surface area (Å²) >= 11 is 0. The van der Waals surface area contributed by atoms with E-state index in [0.29, 0.717) is 22.6 Å². The molecule has 1 N–H and O–H groups in total. The number of hydrogen-bond donors (Lipinski definition) is 1. The van der Waals surface area contributed by atoms with Gasteiger partial charge in [0.05, 0.1) is 16.8 Å². The van der Waals surface area contributed by atoms with Gasteiger partial charge in [0.1, 0.15) is 0 Å². The third-order valence-electron chi connectivity index (χ3n) is 4.40. The van der Waals surface area contributed by atoms with Crippen LogP contribution in [0.1, 0.15) is 46.8 Å². The highest BCUT2D eigenvalue weighted by atomic mass is 16.4. The number of carboxylic acids is 1. The van der Waals surface area contributed by atoms with Gasteiger partial charge in [0.15, 0.2) is 0 Å². The van der Waals surface area contributed by atoms with Gasteiger partial charge in [-0.25, -0.2) is 9.78 Å². The summed E-state index contributed by atoms with van der Waals surface area (Å²) in [5.41, 5.74) is 6.04. The zero-order valence-electron chi connectivity index (χ0n) is 14.4. The van der Waals surface area contributed by atoms with Crippen molar-refractivity contribution >= 4 is 16.9 Å². The van der Waals surface area contributed by atoms with Crippen molar-refractivity contribution in [3.63, 3.8) is 0 Å². The Balaban J connectivity index is 2.30. The first-order valence-electron chi connectivity index (χ1n) is 8.12. The topological polar surface area (TPSA) is 50.2 Å². The molecule has 0 saturated heterocycles. The summed E-state index contributed by atoms with van der Waals surface area (Å²) in [6.07, 6.45) is 0. The minimum absolute atomic E-state index is 0.304. The first-order chi connectivity index (χ1) is 11.4. The molecule has 0 radical (unpaired) electrons. The molecule has 3 aromatic rings. The SMILES string of the molecule is Cc1ccc(C)c(-c2cc(C(=O)O)c3cc(C(C)C)ccc3n2)c1. The van der Waals surface area contributed by atoms with Crippen LogP contribution in [0, 0.1) is 13.8 Å². The maximum absolute atomic E-state index is 11.8. The minimum atomic E-state index is -0.921. The second-order valence-corrected chi connectivity index (χ2v) is 6.61. The lowest BCUT2D eigenvalue weighted by molar-refractivity contribution is 0.0699. The van der Waals surface area contributed by atoms with Gasteiger partial charge in [0.2, 0.25) is 0 Å². The Morgan fingerprint density at radius 2 is 1.79 bits per heavy atom. The van der Waals surface area contributed by atoms with Gasteiger partial charge in [-0.05, 0) is 55.2 Å². The van der Waals surface area contributed by atoms with Gasteiger partial charge in [-0.2, -0.15) is 0 Å². The molecule has 0 saturated carbocycles. The fourth-order valence-corrected chi connectivity index (χ4v) is 2.93. The molecular weight excluding hydrogens is 298 g/mol. The summed E-state index contributed by atoms with van der Waals surface area (Å²) in [6, 6.07) is 13.7. The van der Waals surface area contributed by atoms with E-state index in [0.717, 1.165) is 27.8 Å². The molecule has 0 aliphatic heterocycles. The van der Waals surface area contributed by atoms with E-state index >= 15 is 0 Å². The maximum atomic E-state index is 11.8. The van der Waals surface area contributed by atoms with Crippen LogP contribution < -0.4 is 0 Å². The number of hydrogen-bond acceptors (Lipinski definition) is 2. The Morgan fingerprint density at radius 1 is 1.04 bits per heavy atom. The Bertz CT molecular complexity index is 942. The maximum Gasteiger partial charge on any atom is 0.336 e. The standard InChI is InChI=1S/C21H21NO2/c1-12(2)15-7-8-19-17(10-15)18(21(23)24)11-20(22-19)16-9-13(3)5-6-14(16)4/h5-12H,1-4H3,(H,23,24). The van der Waals surface area contributed by atoms with E-state index in [2.05, 4.69) is 19.9 Å². The second-order valence-electron chi connectivity index (χ2n) is 6.61. The molecule has 3 nitrogen and oxygen atoms in total. The van der Waals surface area contributed by atoms with Crippen LogP contribution in [0.2, 0.25) is 0 Å². The van der Waals surface area contributed by atoms with Crippen molar-refractivity contribution < 1.29 is 9.90 Å². The van der Waals surface area contributed by atoms with E-state index < -0.39 is 5.97 Å². The molecule has 0 aliphatic rings. The number of aromatic nitrogens is 1.